The molecule has 0 amide bonds. The van der Waals surface area contributed by atoms with Crippen molar-refractivity contribution < 1.29 is 0 Å². The largest absolute Gasteiger partial charge is 0.358 e. The molecule has 1 aromatic heterocycles. The van der Waals surface area contributed by atoms with Crippen molar-refractivity contribution in [1.82, 2.24) is 4.98 Å². The third kappa shape index (κ3) is 2.85. The predicted molar refractivity (Wildman–Crippen MR) is 84.9 cm³/mol. The van der Waals surface area contributed by atoms with Gasteiger partial charge in [0, 0.05) is 26.1 Å². The minimum Gasteiger partial charge on any atom is -0.358 e. The average molecular weight is 343 g/mol. The molecular weight excluding hydrogens is 330 g/mol. The number of rotatable bonds is 2. The van der Waals surface area contributed by atoms with Gasteiger partial charge in [0.1, 0.15) is 0 Å². The lowest BCUT2D eigenvalue weighted by atomic mass is 10.1. The van der Waals surface area contributed by atoms with E-state index in [0.717, 1.165) is 42.6 Å². The number of nitrogens with one attached hydrogen (secondary N) is 1. The van der Waals surface area contributed by atoms with E-state index in [1.165, 1.54) is 0 Å². The number of hydrogen-bond donors (Lipinski definition) is 1. The smallest absolute Gasteiger partial charge is 0.0523 e. The van der Waals surface area contributed by atoms with Crippen molar-refractivity contribution in [3.8, 4) is 0 Å². The molecule has 0 aliphatic rings. The molecule has 4 heteroatoms. The Morgan fingerprint density at radius 2 is 2.22 bits per heavy atom. The van der Waals surface area contributed by atoms with Crippen molar-refractivity contribution >= 4 is 50.7 Å². The van der Waals surface area contributed by atoms with Gasteiger partial charge in [0.15, 0.2) is 0 Å². The molecule has 0 saturated carbocycles. The number of aryl methyl sites for hydroxylation is 1. The number of aromatic nitrogens is 1. The zero-order valence-corrected chi connectivity index (χ0v) is 13.3. The molecule has 0 atom stereocenters. The van der Waals surface area contributed by atoms with E-state index >= 15 is 0 Å². The minimum atomic E-state index is 0.763. The summed E-state index contributed by atoms with van der Waals surface area (Å²) < 4.78 is 1.94. The van der Waals surface area contributed by atoms with Crippen LogP contribution in [-0.2, 0) is 6.42 Å². The van der Waals surface area contributed by atoms with Crippen LogP contribution in [0.25, 0.3) is 10.9 Å². The summed E-state index contributed by atoms with van der Waals surface area (Å²) in [4.78, 5) is 3.39. The molecule has 0 aliphatic heterocycles. The number of halogens is 2. The van der Waals surface area contributed by atoms with Gasteiger partial charge in [-0.25, -0.2) is 0 Å². The Bertz CT molecular complexity index is 684. The summed E-state index contributed by atoms with van der Waals surface area (Å²) >= 11 is 14.9. The Morgan fingerprint density at radius 1 is 1.50 bits per heavy atom. The molecule has 0 bridgehead atoms. The number of hydrogen-bond acceptors (Lipinski definition) is 1. The molecule has 2 aromatic rings. The molecule has 1 N–H and O–H groups in total. The fourth-order valence-corrected chi connectivity index (χ4v) is 2.76. The zero-order valence-electron chi connectivity index (χ0n) is 10.2. The van der Waals surface area contributed by atoms with Crippen molar-refractivity contribution in [2.75, 3.05) is 0 Å². The number of benzene rings is 1. The topological polar surface area (TPSA) is 15.8 Å². The van der Waals surface area contributed by atoms with Crippen LogP contribution in [0.3, 0.4) is 0 Å². The maximum atomic E-state index is 5.89. The molecule has 0 unspecified atom stereocenters. The molecule has 0 spiro atoms. The third-order valence-electron chi connectivity index (χ3n) is 2.86. The Kier molecular flexibility index (Phi) is 4.25. The minimum absolute atomic E-state index is 0.763. The molecule has 1 nitrogen and oxygen atoms in total. The van der Waals surface area contributed by atoms with Crippen LogP contribution in [0.5, 0.6) is 0 Å². The highest BCUT2D eigenvalue weighted by Gasteiger charge is 2.05. The predicted octanol–water partition coefficient (Wildman–Crippen LogP) is 5.65. The summed E-state index contributed by atoms with van der Waals surface area (Å²) in [6.45, 7) is 3.92. The van der Waals surface area contributed by atoms with E-state index in [9.17, 15) is 0 Å². The molecule has 0 saturated heterocycles. The summed E-state index contributed by atoms with van der Waals surface area (Å²) in [7, 11) is 0. The number of aromatic amines is 1. The quantitative estimate of drug-likeness (QED) is 0.697. The summed E-state index contributed by atoms with van der Waals surface area (Å²) in [5, 5.41) is 1.86. The summed E-state index contributed by atoms with van der Waals surface area (Å²) in [6, 6.07) is 6.10. The second-order valence-electron chi connectivity index (χ2n) is 4.24. The number of allylic oxidation sites excluding steroid dienone is 2. The average Bonchev–Trinajstić information content (AvgIpc) is 2.30. The van der Waals surface area contributed by atoms with Gasteiger partial charge in [-0.1, -0.05) is 45.8 Å². The van der Waals surface area contributed by atoms with Gasteiger partial charge in [-0.15, -0.1) is 0 Å². The van der Waals surface area contributed by atoms with Crippen LogP contribution < -0.4 is 0 Å². The highest BCUT2D eigenvalue weighted by atomic mass is 79.9. The molecule has 0 radical (unpaired) electrons. The van der Waals surface area contributed by atoms with Gasteiger partial charge in [0.25, 0.3) is 0 Å². The molecule has 0 aliphatic carbocycles. The standard InChI is InChI=1S/C14H13BrClNS/c1-8(16)3-5-11-9(2)17-13-6-4-10(15)7-12(13)14(11)18/h3-4,6-7H,5H2,1-2H3,(H,17,18)/b8-3+. The maximum absolute atomic E-state index is 5.89. The van der Waals surface area contributed by atoms with Crippen LogP contribution in [0, 0.1) is 11.4 Å². The second kappa shape index (κ2) is 5.55. The number of fused-ring (bicyclic) bond motifs is 1. The van der Waals surface area contributed by atoms with Gasteiger partial charge in [0.05, 0.1) is 4.51 Å². The molecule has 1 aromatic carbocycles. The van der Waals surface area contributed by atoms with Crippen LogP contribution in [-0.4, -0.2) is 4.98 Å². The van der Waals surface area contributed by atoms with Gasteiger partial charge < -0.3 is 4.98 Å². The summed E-state index contributed by atoms with van der Waals surface area (Å²) in [5.74, 6) is 0. The van der Waals surface area contributed by atoms with E-state index in [1.807, 2.05) is 38.1 Å². The SMILES string of the molecule is C/C(Cl)=C\Cc1c(C)[nH]c2ccc(Br)cc2c1=S. The van der Waals surface area contributed by atoms with Gasteiger partial charge in [-0.3, -0.25) is 0 Å². The molecule has 94 valence electrons. The van der Waals surface area contributed by atoms with E-state index in [-0.39, 0.29) is 0 Å². The van der Waals surface area contributed by atoms with Crippen molar-refractivity contribution in [2.24, 2.45) is 0 Å². The van der Waals surface area contributed by atoms with Crippen molar-refractivity contribution in [3.05, 3.63) is 49.5 Å². The Labute approximate surface area is 125 Å². The maximum Gasteiger partial charge on any atom is 0.0523 e. The molecule has 2 rings (SSSR count). The lowest BCUT2D eigenvalue weighted by Crippen LogP contribution is -1.95. The molecule has 1 heterocycles. The van der Waals surface area contributed by atoms with Crippen molar-refractivity contribution in [1.29, 1.82) is 0 Å². The van der Waals surface area contributed by atoms with Crippen molar-refractivity contribution in [2.45, 2.75) is 20.3 Å². The monoisotopic (exact) mass is 341 g/mol. The summed E-state index contributed by atoms with van der Waals surface area (Å²) in [5.41, 5.74) is 3.30. The van der Waals surface area contributed by atoms with E-state index in [2.05, 4.69) is 20.9 Å². The van der Waals surface area contributed by atoms with Gasteiger partial charge in [-0.05, 0) is 44.0 Å². The highest BCUT2D eigenvalue weighted by Crippen LogP contribution is 2.24. The highest BCUT2D eigenvalue weighted by molar-refractivity contribution is 9.10. The third-order valence-corrected chi connectivity index (χ3v) is 3.98. The van der Waals surface area contributed by atoms with E-state index < -0.39 is 0 Å². The van der Waals surface area contributed by atoms with Gasteiger partial charge in [0.2, 0.25) is 0 Å². The summed E-state index contributed by atoms with van der Waals surface area (Å²) in [6.07, 6.45) is 2.75. The second-order valence-corrected chi connectivity index (χ2v) is 6.16. The fraction of sp³-hybridized carbons (Fsp3) is 0.214. The van der Waals surface area contributed by atoms with Crippen LogP contribution in [0.1, 0.15) is 18.2 Å². The first kappa shape index (κ1) is 13.8. The molecule has 0 fully saturated rings. The van der Waals surface area contributed by atoms with Crippen LogP contribution in [0.4, 0.5) is 0 Å². The van der Waals surface area contributed by atoms with Crippen LogP contribution in [0.15, 0.2) is 33.8 Å². The number of pyridine rings is 1. The first-order valence-electron chi connectivity index (χ1n) is 5.62. The van der Waals surface area contributed by atoms with Gasteiger partial charge in [-0.2, -0.15) is 0 Å². The van der Waals surface area contributed by atoms with Crippen LogP contribution in [0.2, 0.25) is 0 Å². The number of H-pyrrole nitrogens is 1. The Balaban J connectivity index is 2.67. The van der Waals surface area contributed by atoms with Crippen molar-refractivity contribution in [3.63, 3.8) is 0 Å². The lowest BCUT2D eigenvalue weighted by Gasteiger charge is -2.08. The lowest BCUT2D eigenvalue weighted by molar-refractivity contribution is 1.12. The molecular formula is C14H13BrClNS. The zero-order chi connectivity index (χ0) is 13.3. The van der Waals surface area contributed by atoms with E-state index in [0.29, 0.717) is 0 Å². The fourth-order valence-electron chi connectivity index (χ4n) is 1.91. The normalized spacial score (nSPS) is 12.1. The Morgan fingerprint density at radius 3 is 2.89 bits per heavy atom. The van der Waals surface area contributed by atoms with Gasteiger partial charge >= 0.3 is 0 Å². The first-order chi connectivity index (χ1) is 8.49. The Hall–Kier alpha value is -0.640. The van der Waals surface area contributed by atoms with Crippen LogP contribution >= 0.6 is 39.7 Å². The first-order valence-corrected chi connectivity index (χ1v) is 7.20. The molecule has 18 heavy (non-hydrogen) atoms. The van der Waals surface area contributed by atoms with E-state index in [1.54, 1.807) is 0 Å². The van der Waals surface area contributed by atoms with E-state index in [4.69, 9.17) is 23.8 Å².